The normalized spacial score (nSPS) is 17.2. The number of nitrogens with one attached hydrogen (secondary N) is 5. The molecule has 332 valence electrons. The fourth-order valence-corrected chi connectivity index (χ4v) is 6.77. The molecule has 1 fully saturated rings. The van der Waals surface area contributed by atoms with Gasteiger partial charge in [-0.3, -0.25) is 43.5 Å². The Balaban J connectivity index is 1.82. The number of carbonyl (C=O) groups excluding carboxylic acids is 2. The Labute approximate surface area is 338 Å². The second-order valence-corrected chi connectivity index (χ2v) is 14.4. The zero-order chi connectivity index (χ0) is 44.3. The van der Waals surface area contributed by atoms with Crippen molar-refractivity contribution in [3.05, 3.63) is 20.4 Å². The molecule has 12 N–H and O–H groups in total. The van der Waals surface area contributed by atoms with Crippen LogP contribution < -0.4 is 37.4 Å². The fraction of sp³-hybridized carbons (Fsp3) is 0.686. The number of aliphatic hydroxyl groups excluding tert-OH is 1. The SMILES string of the molecule is CN(CC(=O)O)C1(CCCCC(=O)NCCNc2c(NCCCCC(NC(=O)NC(CCC(=O)O)C(=O)O)C(=O)O)c(=O)c2=O)CN(CC(=O)O)CCN(CC(O)O)C1. The van der Waals surface area contributed by atoms with Crippen LogP contribution >= 0.6 is 0 Å². The molecule has 1 aromatic rings. The number of hydrogen-bond donors (Lipinski definition) is 12. The van der Waals surface area contributed by atoms with Crippen LogP contribution in [0.25, 0.3) is 0 Å². The molecule has 3 amide bonds. The minimum atomic E-state index is -1.65. The van der Waals surface area contributed by atoms with E-state index in [0.29, 0.717) is 38.8 Å². The molecule has 3 unspecified atom stereocenters. The van der Waals surface area contributed by atoms with Gasteiger partial charge in [0, 0.05) is 70.7 Å². The molecule has 0 saturated carbocycles. The van der Waals surface area contributed by atoms with E-state index < -0.39 is 83.5 Å². The highest BCUT2D eigenvalue weighted by Crippen LogP contribution is 2.27. The third-order valence-corrected chi connectivity index (χ3v) is 9.76. The quantitative estimate of drug-likeness (QED) is 0.0214. The molecule has 1 aromatic carbocycles. The topological polar surface area (TPSA) is 365 Å². The minimum Gasteiger partial charge on any atom is -0.481 e. The summed E-state index contributed by atoms with van der Waals surface area (Å²) in [4.78, 5) is 111. The number of urea groups is 1. The summed E-state index contributed by atoms with van der Waals surface area (Å²) in [5, 5.41) is 78.1. The minimum absolute atomic E-state index is 0.0146. The second-order valence-electron chi connectivity index (χ2n) is 14.4. The first-order valence-electron chi connectivity index (χ1n) is 19.0. The van der Waals surface area contributed by atoms with Gasteiger partial charge in [-0.05, 0) is 45.6 Å². The third kappa shape index (κ3) is 17.5. The average Bonchev–Trinajstić information content (AvgIpc) is 3.30. The maximum Gasteiger partial charge on any atom is 0.326 e. The lowest BCUT2D eigenvalue weighted by Crippen LogP contribution is -2.59. The summed E-state index contributed by atoms with van der Waals surface area (Å²) in [5.41, 5.74) is -2.39. The molecular formula is C35H56N8O16. The maximum atomic E-state index is 12.6. The van der Waals surface area contributed by atoms with Crippen molar-refractivity contribution in [2.75, 3.05) is 83.1 Å². The van der Waals surface area contributed by atoms with Gasteiger partial charge in [-0.1, -0.05) is 6.42 Å². The highest BCUT2D eigenvalue weighted by molar-refractivity contribution is 5.86. The maximum absolute atomic E-state index is 12.6. The van der Waals surface area contributed by atoms with Gasteiger partial charge in [0.05, 0.1) is 13.1 Å². The number of unbranched alkanes of at least 4 members (excludes halogenated alkanes) is 2. The van der Waals surface area contributed by atoms with Gasteiger partial charge in [0.25, 0.3) is 10.9 Å². The van der Waals surface area contributed by atoms with Crippen molar-refractivity contribution in [1.82, 2.24) is 30.7 Å². The first-order valence-corrected chi connectivity index (χ1v) is 19.0. The van der Waals surface area contributed by atoms with Crippen molar-refractivity contribution in [2.45, 2.75) is 81.7 Å². The molecule has 0 aliphatic carbocycles. The summed E-state index contributed by atoms with van der Waals surface area (Å²) in [5.74, 6) is -6.62. The molecule has 1 aliphatic rings. The molecule has 3 atom stereocenters. The standard InChI is InChI=1S/C35H56N8O16/c1-41(16-25(47)48)35(19-42(17-26(49)50)14-15-43(20-35)18-27(51)52)10-4-2-7-23(44)36-12-13-38-29-28(30(53)31(29)54)37-11-5-3-6-21(32(55)56)39-34(59)40-22(33(57)58)8-9-24(45)46/h21-22,26,37-38,49-50H,2-20H2,1H3,(H,36,44)(H,45,46)(H,47,48)(H,51,52)(H,55,56)(H,57,58)(H2,39,40,59). The Kier molecular flexibility index (Phi) is 20.6. The number of nitrogens with zero attached hydrogens (tertiary/aromatic N) is 3. The van der Waals surface area contributed by atoms with E-state index in [2.05, 4.69) is 21.3 Å². The van der Waals surface area contributed by atoms with Gasteiger partial charge >= 0.3 is 35.9 Å². The number of aliphatic carboxylic acids is 5. The summed E-state index contributed by atoms with van der Waals surface area (Å²) in [7, 11) is 1.61. The molecule has 2 rings (SSSR count). The van der Waals surface area contributed by atoms with E-state index in [1.54, 1.807) is 21.7 Å². The van der Waals surface area contributed by atoms with Gasteiger partial charge in [-0.15, -0.1) is 0 Å². The number of carboxylic acids is 5. The van der Waals surface area contributed by atoms with Crippen LogP contribution in [0.5, 0.6) is 0 Å². The molecule has 1 aliphatic heterocycles. The highest BCUT2D eigenvalue weighted by Gasteiger charge is 2.41. The first kappa shape index (κ1) is 49.7. The molecule has 0 radical (unpaired) electrons. The van der Waals surface area contributed by atoms with Crippen LogP contribution in [0, 0.1) is 0 Å². The lowest BCUT2D eigenvalue weighted by atomic mass is 9.88. The molecule has 1 saturated heterocycles. The monoisotopic (exact) mass is 844 g/mol. The van der Waals surface area contributed by atoms with Gasteiger partial charge in [-0.25, -0.2) is 14.4 Å². The van der Waals surface area contributed by atoms with Crippen molar-refractivity contribution >= 4 is 53.2 Å². The van der Waals surface area contributed by atoms with E-state index in [1.807, 2.05) is 5.32 Å². The number of hydrogen-bond acceptors (Lipinski definition) is 16. The van der Waals surface area contributed by atoms with Crippen LogP contribution in [-0.4, -0.2) is 189 Å². The van der Waals surface area contributed by atoms with Crippen LogP contribution in [0.2, 0.25) is 0 Å². The Bertz CT molecular complexity index is 1680. The number of amides is 3. The number of rotatable bonds is 29. The highest BCUT2D eigenvalue weighted by atomic mass is 16.5. The van der Waals surface area contributed by atoms with Crippen molar-refractivity contribution in [2.24, 2.45) is 0 Å². The van der Waals surface area contributed by atoms with E-state index in [1.165, 1.54) is 0 Å². The largest absolute Gasteiger partial charge is 0.481 e. The predicted octanol–water partition coefficient (Wildman–Crippen LogP) is -3.21. The van der Waals surface area contributed by atoms with Crippen molar-refractivity contribution in [3.63, 3.8) is 0 Å². The van der Waals surface area contributed by atoms with Crippen molar-refractivity contribution in [3.8, 4) is 0 Å². The number of aliphatic hydroxyl groups is 2. The molecule has 0 aromatic heterocycles. The lowest BCUT2D eigenvalue weighted by Gasteiger charge is -2.44. The second kappa shape index (κ2) is 24.5. The van der Waals surface area contributed by atoms with E-state index in [0.717, 1.165) is 0 Å². The van der Waals surface area contributed by atoms with Crippen LogP contribution in [0.15, 0.2) is 9.59 Å². The van der Waals surface area contributed by atoms with E-state index >= 15 is 0 Å². The van der Waals surface area contributed by atoms with Gasteiger partial charge in [0.1, 0.15) is 23.5 Å². The van der Waals surface area contributed by atoms with Crippen LogP contribution in [0.1, 0.15) is 57.8 Å². The number of carboxylic acid groups (broad SMARTS) is 5. The Morgan fingerprint density at radius 3 is 1.83 bits per heavy atom. The number of β-amino-alcohol motifs (C(OH)–C–C–N with tert-alkyl or cyclic N) is 2. The van der Waals surface area contributed by atoms with Crippen LogP contribution in [0.4, 0.5) is 16.2 Å². The number of anilines is 2. The summed E-state index contributed by atoms with van der Waals surface area (Å²) >= 11 is 0. The summed E-state index contributed by atoms with van der Waals surface area (Å²) in [6.07, 6.45) is -0.816. The number of likely N-dealkylation sites (N-methyl/N-ethyl adjacent to an activating group) is 1. The first-order chi connectivity index (χ1) is 27.7. The lowest BCUT2D eigenvalue weighted by molar-refractivity contribution is -0.142. The molecule has 0 spiro atoms. The van der Waals surface area contributed by atoms with Crippen molar-refractivity contribution < 1.29 is 69.3 Å². The van der Waals surface area contributed by atoms with Gasteiger partial charge in [0.2, 0.25) is 5.91 Å². The molecule has 59 heavy (non-hydrogen) atoms. The predicted molar refractivity (Wildman–Crippen MR) is 207 cm³/mol. The molecule has 24 nitrogen and oxygen atoms in total. The number of carbonyl (C=O) groups is 7. The molecular weight excluding hydrogens is 788 g/mol. The van der Waals surface area contributed by atoms with Gasteiger partial charge < -0.3 is 62.3 Å². The van der Waals surface area contributed by atoms with E-state index in [9.17, 15) is 73.8 Å². The summed E-state index contributed by atoms with van der Waals surface area (Å²) in [6.45, 7) is 0.645. The third-order valence-electron chi connectivity index (χ3n) is 9.76. The zero-order valence-electron chi connectivity index (χ0n) is 32.8. The van der Waals surface area contributed by atoms with Crippen LogP contribution in [-0.2, 0) is 28.8 Å². The zero-order valence-corrected chi connectivity index (χ0v) is 32.8. The fourth-order valence-electron chi connectivity index (χ4n) is 6.77. The molecule has 1 heterocycles. The van der Waals surface area contributed by atoms with E-state index in [4.69, 9.17) is 5.11 Å². The smallest absolute Gasteiger partial charge is 0.326 e. The summed E-state index contributed by atoms with van der Waals surface area (Å²) in [6, 6.07) is -4.05. The van der Waals surface area contributed by atoms with Gasteiger partial charge in [-0.2, -0.15) is 0 Å². The molecule has 0 bridgehead atoms. The Hall–Kier alpha value is -5.43. The Morgan fingerprint density at radius 1 is 0.695 bits per heavy atom. The van der Waals surface area contributed by atoms with Crippen LogP contribution in [0.3, 0.4) is 0 Å². The average molecular weight is 845 g/mol. The van der Waals surface area contributed by atoms with E-state index in [-0.39, 0.29) is 88.9 Å². The Morgan fingerprint density at radius 2 is 1.27 bits per heavy atom. The molecule has 24 heteroatoms. The van der Waals surface area contributed by atoms with Crippen molar-refractivity contribution in [1.29, 1.82) is 0 Å². The van der Waals surface area contributed by atoms with Gasteiger partial charge in [0.15, 0.2) is 6.29 Å². The summed E-state index contributed by atoms with van der Waals surface area (Å²) < 4.78 is 0.